The first-order chi connectivity index (χ1) is 8.11. The summed E-state index contributed by atoms with van der Waals surface area (Å²) in [6.45, 7) is 1.77. The van der Waals surface area contributed by atoms with Crippen molar-refractivity contribution in [3.05, 3.63) is 51.6 Å². The molecule has 0 saturated carbocycles. The van der Waals surface area contributed by atoms with Crippen LogP contribution in [-0.2, 0) is 7.05 Å². The lowest BCUT2D eigenvalue weighted by Gasteiger charge is -2.06. The SMILES string of the molecule is Cc1c2c(nc(=O)n1C)-c1ccccc1C2=O. The largest absolute Gasteiger partial charge is 0.348 e. The van der Waals surface area contributed by atoms with Crippen LogP contribution in [0.25, 0.3) is 11.3 Å². The van der Waals surface area contributed by atoms with Crippen molar-refractivity contribution >= 4 is 5.78 Å². The van der Waals surface area contributed by atoms with Gasteiger partial charge in [0.25, 0.3) is 0 Å². The smallest absolute Gasteiger partial charge is 0.299 e. The van der Waals surface area contributed by atoms with E-state index in [1.165, 1.54) is 4.57 Å². The lowest BCUT2D eigenvalue weighted by atomic mass is 10.1. The molecule has 3 rings (SSSR count). The van der Waals surface area contributed by atoms with Gasteiger partial charge in [0.1, 0.15) is 0 Å². The highest BCUT2D eigenvalue weighted by atomic mass is 16.1. The minimum atomic E-state index is -0.328. The highest BCUT2D eigenvalue weighted by Crippen LogP contribution is 2.35. The lowest BCUT2D eigenvalue weighted by Crippen LogP contribution is -2.24. The van der Waals surface area contributed by atoms with Crippen LogP contribution >= 0.6 is 0 Å². The number of hydrogen-bond acceptors (Lipinski definition) is 3. The van der Waals surface area contributed by atoms with Gasteiger partial charge in [-0.3, -0.25) is 9.36 Å². The Kier molecular flexibility index (Phi) is 1.84. The molecular formula is C13H10N2O2. The molecule has 0 atom stereocenters. The summed E-state index contributed by atoms with van der Waals surface area (Å²) in [5, 5.41) is 0. The predicted octanol–water partition coefficient (Wildman–Crippen LogP) is 1.30. The Bertz CT molecular complexity index is 714. The van der Waals surface area contributed by atoms with Gasteiger partial charge in [0.05, 0.1) is 11.3 Å². The van der Waals surface area contributed by atoms with Gasteiger partial charge < -0.3 is 0 Å². The van der Waals surface area contributed by atoms with Gasteiger partial charge in [-0.25, -0.2) is 4.79 Å². The number of fused-ring (bicyclic) bond motifs is 3. The highest BCUT2D eigenvalue weighted by Gasteiger charge is 2.30. The fourth-order valence-electron chi connectivity index (χ4n) is 2.20. The third-order valence-corrected chi connectivity index (χ3v) is 3.25. The van der Waals surface area contributed by atoms with Gasteiger partial charge in [-0.05, 0) is 6.92 Å². The number of ketones is 1. The first kappa shape index (κ1) is 9.96. The Morgan fingerprint density at radius 2 is 1.76 bits per heavy atom. The van der Waals surface area contributed by atoms with E-state index in [1.807, 2.05) is 18.2 Å². The average molecular weight is 226 g/mol. The van der Waals surface area contributed by atoms with Crippen molar-refractivity contribution in [3.63, 3.8) is 0 Å². The molecule has 17 heavy (non-hydrogen) atoms. The third-order valence-electron chi connectivity index (χ3n) is 3.25. The van der Waals surface area contributed by atoms with E-state index in [0.29, 0.717) is 22.5 Å². The van der Waals surface area contributed by atoms with Crippen LogP contribution in [0, 0.1) is 6.92 Å². The van der Waals surface area contributed by atoms with E-state index in [4.69, 9.17) is 0 Å². The topological polar surface area (TPSA) is 52.0 Å². The van der Waals surface area contributed by atoms with Crippen LogP contribution in [0.5, 0.6) is 0 Å². The molecule has 0 radical (unpaired) electrons. The fraction of sp³-hybridized carbons (Fsp3) is 0.154. The number of aromatic nitrogens is 2. The van der Waals surface area contributed by atoms with E-state index >= 15 is 0 Å². The number of carbonyl (C=O) groups is 1. The Balaban J connectivity index is 2.48. The summed E-state index contributed by atoms with van der Waals surface area (Å²) in [6.07, 6.45) is 0. The molecule has 0 unspecified atom stereocenters. The molecule has 0 fully saturated rings. The molecule has 84 valence electrons. The molecule has 0 spiro atoms. The maximum absolute atomic E-state index is 12.2. The molecular weight excluding hydrogens is 216 g/mol. The van der Waals surface area contributed by atoms with Gasteiger partial charge in [0.15, 0.2) is 5.78 Å². The molecule has 1 aliphatic carbocycles. The molecule has 1 aromatic carbocycles. The van der Waals surface area contributed by atoms with E-state index in [0.717, 1.165) is 5.56 Å². The van der Waals surface area contributed by atoms with Crippen molar-refractivity contribution in [1.82, 2.24) is 9.55 Å². The van der Waals surface area contributed by atoms with Crippen molar-refractivity contribution in [2.45, 2.75) is 6.92 Å². The standard InChI is InChI=1S/C13H10N2O2/c1-7-10-11(14-13(17)15(7)2)8-5-3-4-6-9(8)12(10)16/h3-6H,1-2H3. The molecule has 0 amide bonds. The number of carbonyl (C=O) groups excluding carboxylic acids is 1. The molecule has 1 aromatic heterocycles. The van der Waals surface area contributed by atoms with Crippen molar-refractivity contribution in [2.75, 3.05) is 0 Å². The Labute approximate surface area is 97.5 Å². The summed E-state index contributed by atoms with van der Waals surface area (Å²) in [7, 11) is 1.63. The number of hydrogen-bond donors (Lipinski definition) is 0. The number of nitrogens with zero attached hydrogens (tertiary/aromatic N) is 2. The number of rotatable bonds is 0. The van der Waals surface area contributed by atoms with Crippen molar-refractivity contribution in [3.8, 4) is 11.3 Å². The minimum absolute atomic E-state index is 0.0452. The van der Waals surface area contributed by atoms with Gasteiger partial charge in [-0.1, -0.05) is 24.3 Å². The van der Waals surface area contributed by atoms with Crippen molar-refractivity contribution in [2.24, 2.45) is 7.05 Å². The summed E-state index contributed by atoms with van der Waals surface area (Å²) in [5.41, 5.74) is 2.79. The predicted molar refractivity (Wildman–Crippen MR) is 63.1 cm³/mol. The zero-order valence-electron chi connectivity index (χ0n) is 9.52. The maximum atomic E-state index is 12.2. The Hall–Kier alpha value is -2.23. The molecule has 2 aromatic rings. The third kappa shape index (κ3) is 1.15. The van der Waals surface area contributed by atoms with Crippen molar-refractivity contribution in [1.29, 1.82) is 0 Å². The summed E-state index contributed by atoms with van der Waals surface area (Å²) in [5.74, 6) is -0.0452. The minimum Gasteiger partial charge on any atom is -0.299 e. The molecule has 1 heterocycles. The van der Waals surface area contributed by atoms with Crippen LogP contribution < -0.4 is 5.69 Å². The summed E-state index contributed by atoms with van der Waals surface area (Å²) < 4.78 is 1.41. The number of benzene rings is 1. The fourth-order valence-corrected chi connectivity index (χ4v) is 2.20. The monoisotopic (exact) mass is 226 g/mol. The Morgan fingerprint density at radius 3 is 2.47 bits per heavy atom. The van der Waals surface area contributed by atoms with Crippen molar-refractivity contribution < 1.29 is 4.79 Å². The zero-order valence-corrected chi connectivity index (χ0v) is 9.52. The van der Waals surface area contributed by atoms with Crippen LogP contribution in [0.2, 0.25) is 0 Å². The Morgan fingerprint density at radius 1 is 1.12 bits per heavy atom. The van der Waals surface area contributed by atoms with E-state index < -0.39 is 0 Å². The summed E-state index contributed by atoms with van der Waals surface area (Å²) in [6, 6.07) is 7.25. The quantitative estimate of drug-likeness (QED) is 0.580. The van der Waals surface area contributed by atoms with Gasteiger partial charge in [-0.2, -0.15) is 4.98 Å². The molecule has 0 saturated heterocycles. The van der Waals surface area contributed by atoms with Crippen LogP contribution in [0.4, 0.5) is 0 Å². The van der Waals surface area contributed by atoms with Gasteiger partial charge in [0.2, 0.25) is 0 Å². The molecule has 0 N–H and O–H groups in total. The summed E-state index contributed by atoms with van der Waals surface area (Å²) >= 11 is 0. The normalized spacial score (nSPS) is 12.5. The second-order valence-corrected chi connectivity index (χ2v) is 4.14. The van der Waals surface area contributed by atoms with Gasteiger partial charge >= 0.3 is 5.69 Å². The van der Waals surface area contributed by atoms with Gasteiger partial charge in [-0.15, -0.1) is 0 Å². The lowest BCUT2D eigenvalue weighted by molar-refractivity contribution is 0.104. The van der Waals surface area contributed by atoms with Crippen LogP contribution in [0.15, 0.2) is 29.1 Å². The second-order valence-electron chi connectivity index (χ2n) is 4.14. The van der Waals surface area contributed by atoms with Gasteiger partial charge in [0, 0.05) is 23.9 Å². The van der Waals surface area contributed by atoms with Crippen LogP contribution in [0.3, 0.4) is 0 Å². The van der Waals surface area contributed by atoms with Crippen LogP contribution in [0.1, 0.15) is 21.6 Å². The molecule has 0 aliphatic heterocycles. The first-order valence-electron chi connectivity index (χ1n) is 5.33. The zero-order chi connectivity index (χ0) is 12.2. The molecule has 0 bridgehead atoms. The molecule has 4 heteroatoms. The molecule has 1 aliphatic rings. The van der Waals surface area contributed by atoms with E-state index in [-0.39, 0.29) is 11.5 Å². The highest BCUT2D eigenvalue weighted by molar-refractivity contribution is 6.21. The molecule has 4 nitrogen and oxygen atoms in total. The van der Waals surface area contributed by atoms with E-state index in [9.17, 15) is 9.59 Å². The summed E-state index contributed by atoms with van der Waals surface area (Å²) in [4.78, 5) is 27.9. The first-order valence-corrected chi connectivity index (χ1v) is 5.33. The van der Waals surface area contributed by atoms with E-state index in [1.54, 1.807) is 20.0 Å². The average Bonchev–Trinajstić information content (AvgIpc) is 2.61. The van der Waals surface area contributed by atoms with Crippen LogP contribution in [-0.4, -0.2) is 15.3 Å². The maximum Gasteiger partial charge on any atom is 0.348 e. The van der Waals surface area contributed by atoms with E-state index in [2.05, 4.69) is 4.98 Å². The second kappa shape index (κ2) is 3.13.